The summed E-state index contributed by atoms with van der Waals surface area (Å²) < 4.78 is 43.7. The van der Waals surface area contributed by atoms with Crippen LogP contribution in [0.5, 0.6) is 5.88 Å². The number of alkyl halides is 3. The van der Waals surface area contributed by atoms with Crippen molar-refractivity contribution in [3.05, 3.63) is 35.7 Å². The van der Waals surface area contributed by atoms with Gasteiger partial charge in [0.25, 0.3) is 0 Å². The van der Waals surface area contributed by atoms with Gasteiger partial charge < -0.3 is 20.3 Å². The number of aromatic nitrogens is 2. The van der Waals surface area contributed by atoms with Gasteiger partial charge in [-0.1, -0.05) is 6.07 Å². The average molecular weight is 435 g/mol. The lowest BCUT2D eigenvalue weighted by Crippen LogP contribution is -2.44. The zero-order valence-corrected chi connectivity index (χ0v) is 17.5. The predicted octanol–water partition coefficient (Wildman–Crippen LogP) is 3.85. The van der Waals surface area contributed by atoms with Gasteiger partial charge in [-0.2, -0.15) is 13.2 Å². The third-order valence-electron chi connectivity index (χ3n) is 5.84. The number of hydrogen-bond acceptors (Lipinski definition) is 6. The molecule has 0 unspecified atom stereocenters. The minimum atomic E-state index is -4.49. The minimum absolute atomic E-state index is 0.0163. The van der Waals surface area contributed by atoms with Crippen molar-refractivity contribution in [3.63, 3.8) is 0 Å². The number of nitrogens with zero attached hydrogens (tertiary/aromatic N) is 3. The zero-order valence-electron chi connectivity index (χ0n) is 17.5. The van der Waals surface area contributed by atoms with E-state index in [0.29, 0.717) is 6.61 Å². The number of likely N-dealkylation sites (N-methyl/N-ethyl adjacent to an activating group) is 1. The van der Waals surface area contributed by atoms with Crippen LogP contribution < -0.4 is 20.3 Å². The number of anilines is 3. The van der Waals surface area contributed by atoms with Crippen LogP contribution in [0.1, 0.15) is 31.2 Å². The number of aryl methyl sites for hydroxylation is 1. The molecule has 3 heterocycles. The lowest BCUT2D eigenvalue weighted by atomic mass is 9.81. The highest BCUT2D eigenvalue weighted by Gasteiger charge is 2.34. The van der Waals surface area contributed by atoms with Crippen molar-refractivity contribution in [1.82, 2.24) is 9.97 Å². The number of ether oxygens (including phenoxy) is 1. The summed E-state index contributed by atoms with van der Waals surface area (Å²) in [6.45, 7) is 4.01. The summed E-state index contributed by atoms with van der Waals surface area (Å²) in [4.78, 5) is 22.0. The van der Waals surface area contributed by atoms with Gasteiger partial charge in [-0.3, -0.25) is 4.79 Å². The molecule has 0 bridgehead atoms. The molecule has 0 radical (unpaired) electrons. The van der Waals surface area contributed by atoms with Gasteiger partial charge in [-0.05, 0) is 38.7 Å². The highest BCUT2D eigenvalue weighted by Crippen LogP contribution is 2.37. The van der Waals surface area contributed by atoms with Crippen LogP contribution in [0.4, 0.5) is 30.4 Å². The van der Waals surface area contributed by atoms with Gasteiger partial charge in [-0.15, -0.1) is 0 Å². The van der Waals surface area contributed by atoms with Crippen molar-refractivity contribution < 1.29 is 22.7 Å². The molecule has 1 fully saturated rings. The highest BCUT2D eigenvalue weighted by molar-refractivity contribution is 6.04. The second-order valence-electron chi connectivity index (χ2n) is 8.11. The first kappa shape index (κ1) is 21.2. The Hall–Kier alpha value is -3.04. The van der Waals surface area contributed by atoms with Gasteiger partial charge in [0.15, 0.2) is 0 Å². The smallest absolute Gasteiger partial charge is 0.433 e. The Kier molecular flexibility index (Phi) is 5.40. The van der Waals surface area contributed by atoms with E-state index in [9.17, 15) is 18.0 Å². The minimum Gasteiger partial charge on any atom is -0.477 e. The van der Waals surface area contributed by atoms with E-state index >= 15 is 0 Å². The van der Waals surface area contributed by atoms with E-state index in [0.717, 1.165) is 41.8 Å². The number of hydrogen-bond donors (Lipinski definition) is 2. The molecule has 7 nitrogen and oxygen atoms in total. The molecular weight excluding hydrogens is 411 g/mol. The molecular formula is C21H24F3N5O2. The highest BCUT2D eigenvalue weighted by atomic mass is 19.4. The molecule has 31 heavy (non-hydrogen) atoms. The fourth-order valence-corrected chi connectivity index (χ4v) is 3.83. The maximum atomic E-state index is 12.7. The maximum Gasteiger partial charge on any atom is 0.433 e. The first-order valence-corrected chi connectivity index (χ1v) is 10.1. The normalized spacial score (nSPS) is 23.0. The Bertz CT molecular complexity index is 991. The Morgan fingerprint density at radius 3 is 2.74 bits per heavy atom. The number of fused-ring (bicyclic) bond motifs is 1. The molecule has 1 atom stereocenters. The monoisotopic (exact) mass is 435 g/mol. The SMILES string of the molecule is Cc1nc(N[C@H]2C[C@@H](COc3cccc(C(F)(F)F)n3)C2)cc2c1NC(=O)[C@H](C)N2C. The van der Waals surface area contributed by atoms with Crippen molar-refractivity contribution in [3.8, 4) is 5.88 Å². The van der Waals surface area contributed by atoms with Gasteiger partial charge in [-0.25, -0.2) is 9.97 Å². The number of carbonyl (C=O) groups excluding carboxylic acids is 1. The van der Waals surface area contributed by atoms with E-state index in [1.165, 1.54) is 12.1 Å². The number of halogens is 3. The first-order chi connectivity index (χ1) is 14.6. The Labute approximate surface area is 178 Å². The quantitative estimate of drug-likeness (QED) is 0.743. The van der Waals surface area contributed by atoms with Crippen molar-refractivity contribution in [2.75, 3.05) is 29.2 Å². The third kappa shape index (κ3) is 4.38. The van der Waals surface area contributed by atoms with E-state index in [4.69, 9.17) is 4.74 Å². The van der Waals surface area contributed by atoms with Gasteiger partial charge >= 0.3 is 6.18 Å². The number of carbonyl (C=O) groups is 1. The van der Waals surface area contributed by atoms with Gasteiger partial charge in [0.1, 0.15) is 17.6 Å². The lowest BCUT2D eigenvalue weighted by molar-refractivity contribution is -0.141. The lowest BCUT2D eigenvalue weighted by Gasteiger charge is -2.37. The third-order valence-corrected chi connectivity index (χ3v) is 5.84. The Balaban J connectivity index is 1.32. The molecule has 1 aliphatic heterocycles. The van der Waals surface area contributed by atoms with Crippen LogP contribution in [0, 0.1) is 12.8 Å². The summed E-state index contributed by atoms with van der Waals surface area (Å²) in [5.41, 5.74) is 1.42. The van der Waals surface area contributed by atoms with E-state index in [2.05, 4.69) is 20.6 Å². The molecule has 0 spiro atoms. The van der Waals surface area contributed by atoms with Crippen LogP contribution >= 0.6 is 0 Å². The van der Waals surface area contributed by atoms with Gasteiger partial charge in [0.05, 0.1) is 23.7 Å². The zero-order chi connectivity index (χ0) is 22.3. The van der Waals surface area contributed by atoms with E-state index in [-0.39, 0.29) is 29.8 Å². The fraction of sp³-hybridized carbons (Fsp3) is 0.476. The Morgan fingerprint density at radius 1 is 1.29 bits per heavy atom. The van der Waals surface area contributed by atoms with E-state index in [1.54, 1.807) is 0 Å². The molecule has 2 aromatic heterocycles. The predicted molar refractivity (Wildman–Crippen MR) is 110 cm³/mol. The maximum absolute atomic E-state index is 12.7. The molecule has 10 heteroatoms. The van der Waals surface area contributed by atoms with Crippen LogP contribution in [0.15, 0.2) is 24.3 Å². The number of pyridine rings is 2. The number of nitrogens with one attached hydrogen (secondary N) is 2. The number of amides is 1. The summed E-state index contributed by atoms with van der Waals surface area (Å²) >= 11 is 0. The fourth-order valence-electron chi connectivity index (χ4n) is 3.83. The number of rotatable bonds is 5. The van der Waals surface area contributed by atoms with Crippen LogP contribution in [0.25, 0.3) is 0 Å². The molecule has 2 aliphatic rings. The van der Waals surface area contributed by atoms with Crippen LogP contribution in [-0.2, 0) is 11.0 Å². The summed E-state index contributed by atoms with van der Waals surface area (Å²) in [5.74, 6) is 0.889. The average Bonchev–Trinajstić information content (AvgIpc) is 2.68. The van der Waals surface area contributed by atoms with Crippen molar-refractivity contribution in [1.29, 1.82) is 0 Å². The molecule has 4 rings (SSSR count). The van der Waals surface area contributed by atoms with Crippen LogP contribution in [0.2, 0.25) is 0 Å². The summed E-state index contributed by atoms with van der Waals surface area (Å²) in [5, 5.41) is 6.31. The summed E-state index contributed by atoms with van der Waals surface area (Å²) in [6.07, 6.45) is -2.85. The molecule has 166 valence electrons. The molecule has 0 aromatic carbocycles. The second-order valence-corrected chi connectivity index (χ2v) is 8.11. The van der Waals surface area contributed by atoms with Crippen molar-refractivity contribution in [2.45, 2.75) is 44.9 Å². The molecule has 1 saturated carbocycles. The van der Waals surface area contributed by atoms with Gasteiger partial charge in [0.2, 0.25) is 11.8 Å². The summed E-state index contributed by atoms with van der Waals surface area (Å²) in [7, 11) is 1.88. The standard InChI is InChI=1S/C21H24F3N5O2/c1-11-19-15(29(3)12(2)20(30)28-19)9-17(25-11)26-14-7-13(8-14)10-31-18-6-4-5-16(27-18)21(22,23)24/h4-6,9,12-14H,7-8,10H2,1-3H3,(H,25,26)(H,28,30)/t12-,13-,14+/m0/s1. The molecule has 0 saturated heterocycles. The first-order valence-electron chi connectivity index (χ1n) is 10.1. The molecule has 2 N–H and O–H groups in total. The van der Waals surface area contributed by atoms with E-state index in [1.807, 2.05) is 31.9 Å². The molecule has 1 amide bonds. The van der Waals surface area contributed by atoms with Crippen LogP contribution in [-0.4, -0.2) is 41.6 Å². The van der Waals surface area contributed by atoms with Crippen molar-refractivity contribution in [2.24, 2.45) is 5.92 Å². The summed E-state index contributed by atoms with van der Waals surface area (Å²) in [6, 6.07) is 5.51. The largest absolute Gasteiger partial charge is 0.477 e. The topological polar surface area (TPSA) is 79.4 Å². The van der Waals surface area contributed by atoms with Gasteiger partial charge in [0, 0.05) is 25.2 Å². The molecule has 2 aromatic rings. The second kappa shape index (κ2) is 7.90. The van der Waals surface area contributed by atoms with Crippen molar-refractivity contribution >= 4 is 23.1 Å². The molecule has 1 aliphatic carbocycles. The Morgan fingerprint density at radius 2 is 2.03 bits per heavy atom. The van der Waals surface area contributed by atoms with Crippen LogP contribution in [0.3, 0.4) is 0 Å². The van der Waals surface area contributed by atoms with E-state index < -0.39 is 11.9 Å².